The maximum absolute atomic E-state index is 12.5. The van der Waals surface area contributed by atoms with Crippen molar-refractivity contribution in [3.05, 3.63) is 0 Å². The lowest BCUT2D eigenvalue weighted by Gasteiger charge is -2.45. The molecule has 1 amide bonds. The number of hydrogen-bond donors (Lipinski definition) is 2. The molecular formula is C13H25N3O3S. The molecule has 2 aliphatic rings. The van der Waals surface area contributed by atoms with E-state index in [0.717, 1.165) is 51.3 Å². The van der Waals surface area contributed by atoms with Crippen LogP contribution >= 0.6 is 0 Å². The molecule has 1 heterocycles. The van der Waals surface area contributed by atoms with E-state index in [2.05, 4.69) is 4.72 Å². The predicted octanol–water partition coefficient (Wildman–Crippen LogP) is 0.188. The monoisotopic (exact) mass is 303 g/mol. The minimum absolute atomic E-state index is 0.0628. The third kappa shape index (κ3) is 3.71. The molecule has 1 atom stereocenters. The van der Waals surface area contributed by atoms with Crippen LogP contribution in [-0.4, -0.2) is 50.2 Å². The second-order valence-electron chi connectivity index (χ2n) is 6.11. The molecule has 0 radical (unpaired) electrons. The first-order valence-corrected chi connectivity index (χ1v) is 9.26. The third-order valence-corrected chi connectivity index (χ3v) is 5.13. The molecule has 1 aliphatic carbocycles. The van der Waals surface area contributed by atoms with Gasteiger partial charge in [0.15, 0.2) is 0 Å². The molecule has 0 aromatic heterocycles. The third-order valence-electron chi connectivity index (χ3n) is 4.40. The van der Waals surface area contributed by atoms with Gasteiger partial charge in [0, 0.05) is 19.1 Å². The summed E-state index contributed by atoms with van der Waals surface area (Å²) in [6.45, 7) is 1.13. The zero-order valence-electron chi connectivity index (χ0n) is 12.1. The molecule has 0 bridgehead atoms. The summed E-state index contributed by atoms with van der Waals surface area (Å²) in [5.74, 6) is 0.0628. The van der Waals surface area contributed by atoms with Crippen LogP contribution < -0.4 is 10.5 Å². The molecule has 20 heavy (non-hydrogen) atoms. The van der Waals surface area contributed by atoms with E-state index in [9.17, 15) is 13.2 Å². The second-order valence-corrected chi connectivity index (χ2v) is 7.95. The smallest absolute Gasteiger partial charge is 0.242 e. The van der Waals surface area contributed by atoms with Gasteiger partial charge >= 0.3 is 0 Å². The van der Waals surface area contributed by atoms with Gasteiger partial charge in [-0.1, -0.05) is 0 Å². The number of nitrogens with two attached hydrogens (primary N) is 1. The first-order valence-electron chi connectivity index (χ1n) is 7.36. The van der Waals surface area contributed by atoms with Crippen molar-refractivity contribution in [1.82, 2.24) is 9.62 Å². The number of amides is 1. The molecule has 7 heteroatoms. The topological polar surface area (TPSA) is 92.5 Å². The van der Waals surface area contributed by atoms with Crippen LogP contribution in [0.5, 0.6) is 0 Å². The van der Waals surface area contributed by atoms with Gasteiger partial charge in [-0.25, -0.2) is 13.1 Å². The number of nitrogens with one attached hydrogen (secondary N) is 1. The van der Waals surface area contributed by atoms with Crippen LogP contribution in [0.25, 0.3) is 0 Å². The number of sulfonamides is 1. The van der Waals surface area contributed by atoms with E-state index in [1.165, 1.54) is 0 Å². The average Bonchev–Trinajstić information content (AvgIpc) is 2.34. The van der Waals surface area contributed by atoms with Crippen molar-refractivity contribution in [3.8, 4) is 0 Å². The Balaban J connectivity index is 1.93. The molecule has 0 aromatic rings. The summed E-state index contributed by atoms with van der Waals surface area (Å²) in [6, 6.07) is 0.117. The van der Waals surface area contributed by atoms with E-state index in [-0.39, 0.29) is 11.9 Å². The van der Waals surface area contributed by atoms with Gasteiger partial charge in [0.25, 0.3) is 0 Å². The maximum atomic E-state index is 12.5. The molecule has 1 saturated heterocycles. The summed E-state index contributed by atoms with van der Waals surface area (Å²) in [6.07, 6.45) is 7.43. The molecule has 1 saturated carbocycles. The van der Waals surface area contributed by atoms with Crippen molar-refractivity contribution < 1.29 is 13.2 Å². The number of piperidine rings is 1. The van der Waals surface area contributed by atoms with Crippen molar-refractivity contribution in [1.29, 1.82) is 0 Å². The molecule has 0 spiro atoms. The van der Waals surface area contributed by atoms with E-state index in [1.54, 1.807) is 0 Å². The van der Waals surface area contributed by atoms with Crippen LogP contribution in [0.3, 0.4) is 0 Å². The Labute approximate surface area is 121 Å². The van der Waals surface area contributed by atoms with Crippen molar-refractivity contribution in [2.75, 3.05) is 19.3 Å². The Hall–Kier alpha value is -0.660. The first-order chi connectivity index (χ1) is 9.32. The van der Waals surface area contributed by atoms with Crippen molar-refractivity contribution >= 4 is 15.9 Å². The van der Waals surface area contributed by atoms with Gasteiger partial charge in [0.05, 0.1) is 11.8 Å². The largest absolute Gasteiger partial charge is 0.338 e. The highest BCUT2D eigenvalue weighted by Crippen LogP contribution is 2.33. The number of rotatable bonds is 5. The van der Waals surface area contributed by atoms with E-state index >= 15 is 0 Å². The number of carbonyl (C=O) groups is 1. The van der Waals surface area contributed by atoms with Crippen LogP contribution in [0.1, 0.15) is 44.9 Å². The van der Waals surface area contributed by atoms with Crippen LogP contribution in [0.4, 0.5) is 0 Å². The minimum Gasteiger partial charge on any atom is -0.338 e. The van der Waals surface area contributed by atoms with Gasteiger partial charge in [0.1, 0.15) is 0 Å². The molecule has 0 aromatic carbocycles. The fraction of sp³-hybridized carbons (Fsp3) is 0.923. The zero-order valence-corrected chi connectivity index (χ0v) is 12.9. The van der Waals surface area contributed by atoms with Crippen LogP contribution in [0.15, 0.2) is 0 Å². The summed E-state index contributed by atoms with van der Waals surface area (Å²) in [5.41, 5.74) is 5.48. The normalized spacial score (nSPS) is 26.1. The number of hydrogen-bond acceptors (Lipinski definition) is 4. The first kappa shape index (κ1) is 15.7. The van der Waals surface area contributed by atoms with Crippen molar-refractivity contribution in [3.63, 3.8) is 0 Å². The van der Waals surface area contributed by atoms with Crippen LogP contribution in [0, 0.1) is 0 Å². The summed E-state index contributed by atoms with van der Waals surface area (Å²) >= 11 is 0. The number of likely N-dealkylation sites (tertiary alicyclic amines) is 1. The van der Waals surface area contributed by atoms with E-state index in [4.69, 9.17) is 5.73 Å². The van der Waals surface area contributed by atoms with Gasteiger partial charge in [-0.15, -0.1) is 0 Å². The van der Waals surface area contributed by atoms with Crippen LogP contribution in [0.2, 0.25) is 0 Å². The number of carbonyl (C=O) groups excluding carboxylic acids is 1. The minimum atomic E-state index is -3.16. The average molecular weight is 303 g/mol. The summed E-state index contributed by atoms with van der Waals surface area (Å²) in [7, 11) is -3.16. The highest BCUT2D eigenvalue weighted by molar-refractivity contribution is 7.88. The zero-order chi connectivity index (χ0) is 14.8. The quantitative estimate of drug-likeness (QED) is 0.758. The van der Waals surface area contributed by atoms with E-state index < -0.39 is 15.6 Å². The standard InChI is InChI=1S/C13H25N3O3S/c1-20(18,19)15-9-6-11-5-2-3-10-16(11)12(17)13(14)7-4-8-13/h11,15H,2-10,14H2,1H3. The van der Waals surface area contributed by atoms with Gasteiger partial charge < -0.3 is 10.6 Å². The van der Waals surface area contributed by atoms with E-state index in [1.807, 2.05) is 4.90 Å². The molecule has 2 fully saturated rings. The molecule has 6 nitrogen and oxygen atoms in total. The lowest BCUT2D eigenvalue weighted by molar-refractivity contribution is -0.144. The fourth-order valence-electron chi connectivity index (χ4n) is 3.04. The lowest BCUT2D eigenvalue weighted by atomic mass is 9.76. The molecule has 2 rings (SSSR count). The highest BCUT2D eigenvalue weighted by atomic mass is 32.2. The number of nitrogens with zero attached hydrogens (tertiary/aromatic N) is 1. The van der Waals surface area contributed by atoms with E-state index in [0.29, 0.717) is 13.0 Å². The Kier molecular flexibility index (Phi) is 4.71. The summed E-state index contributed by atoms with van der Waals surface area (Å²) < 4.78 is 24.7. The Morgan fingerprint density at radius 1 is 1.35 bits per heavy atom. The Bertz CT molecular complexity index is 459. The van der Waals surface area contributed by atoms with Crippen LogP contribution in [-0.2, 0) is 14.8 Å². The van der Waals surface area contributed by atoms with Crippen molar-refractivity contribution in [2.45, 2.75) is 56.5 Å². The molecule has 116 valence electrons. The summed E-state index contributed by atoms with van der Waals surface area (Å²) in [5, 5.41) is 0. The molecule has 1 aliphatic heterocycles. The van der Waals surface area contributed by atoms with Crippen molar-refractivity contribution in [2.24, 2.45) is 5.73 Å². The summed E-state index contributed by atoms with van der Waals surface area (Å²) in [4.78, 5) is 14.4. The molecule has 3 N–H and O–H groups in total. The Morgan fingerprint density at radius 2 is 2.05 bits per heavy atom. The molecule has 1 unspecified atom stereocenters. The Morgan fingerprint density at radius 3 is 2.60 bits per heavy atom. The SMILES string of the molecule is CS(=O)(=O)NCCC1CCCCN1C(=O)C1(N)CCC1. The maximum Gasteiger partial charge on any atom is 0.242 e. The highest BCUT2D eigenvalue weighted by Gasteiger charge is 2.44. The van der Waals surface area contributed by atoms with Gasteiger partial charge in [-0.3, -0.25) is 4.79 Å². The molecular weight excluding hydrogens is 278 g/mol. The predicted molar refractivity (Wildman–Crippen MR) is 77.6 cm³/mol. The van der Waals surface area contributed by atoms with Gasteiger partial charge in [-0.05, 0) is 44.9 Å². The van der Waals surface area contributed by atoms with Gasteiger partial charge in [-0.2, -0.15) is 0 Å². The second kappa shape index (κ2) is 5.99. The fourth-order valence-corrected chi connectivity index (χ4v) is 3.53. The van der Waals surface area contributed by atoms with Gasteiger partial charge in [0.2, 0.25) is 15.9 Å². The lowest BCUT2D eigenvalue weighted by Crippen LogP contribution is -2.62.